The number of allylic oxidation sites excluding steroid dienone is 3. The minimum absolute atomic E-state index is 0.819. The van der Waals surface area contributed by atoms with Gasteiger partial charge >= 0.3 is 0 Å². The summed E-state index contributed by atoms with van der Waals surface area (Å²) in [5.74, 6) is 0.819. The van der Waals surface area contributed by atoms with Crippen LogP contribution in [-0.4, -0.2) is 38.2 Å². The Bertz CT molecular complexity index is 1660. The van der Waals surface area contributed by atoms with E-state index in [1.54, 1.807) is 6.20 Å². The van der Waals surface area contributed by atoms with E-state index in [2.05, 4.69) is 75.3 Å². The Morgan fingerprint density at radius 2 is 1.92 bits per heavy atom. The van der Waals surface area contributed by atoms with Gasteiger partial charge in [-0.2, -0.15) is 5.10 Å². The number of aromatic amines is 2. The number of aromatic nitrogens is 5. The smallest absolute Gasteiger partial charge is 0.116 e. The lowest BCUT2D eigenvalue weighted by Gasteiger charge is -2.12. The molecule has 1 aromatic carbocycles. The maximum atomic E-state index is 4.69. The van der Waals surface area contributed by atoms with Crippen LogP contribution in [0.2, 0.25) is 0 Å². The summed E-state index contributed by atoms with van der Waals surface area (Å²) in [5, 5.41) is 13.7. The standard InChI is InChI=1S/C33H34N6/c1-3-22(19-35-20-23-8-5-6-9-23)16-24(4-2)25-11-12-30-27(17-25)33(39-38-30)31-18-28-29(37-31)13-15-36-32(28)26-10-7-14-34-21-26/h3-4,7,10-18,21,23,35,37H,1,5-6,8-9,19-20H2,2H3,(H,38,39)/b22-16+,24-4+. The lowest BCUT2D eigenvalue weighted by Crippen LogP contribution is -2.23. The van der Waals surface area contributed by atoms with E-state index >= 15 is 0 Å². The highest BCUT2D eigenvalue weighted by Crippen LogP contribution is 2.34. The summed E-state index contributed by atoms with van der Waals surface area (Å²) in [6.07, 6.45) is 17.3. The molecule has 0 spiro atoms. The fourth-order valence-electron chi connectivity index (χ4n) is 5.66. The molecular weight excluding hydrogens is 480 g/mol. The molecule has 196 valence electrons. The average Bonchev–Trinajstić information content (AvgIpc) is 3.74. The summed E-state index contributed by atoms with van der Waals surface area (Å²) in [7, 11) is 0. The molecule has 6 nitrogen and oxygen atoms in total. The van der Waals surface area contributed by atoms with Gasteiger partial charge in [-0.3, -0.25) is 15.1 Å². The van der Waals surface area contributed by atoms with Gasteiger partial charge in [0, 0.05) is 47.0 Å². The third-order valence-corrected chi connectivity index (χ3v) is 7.79. The van der Waals surface area contributed by atoms with Crippen LogP contribution in [0.15, 0.2) is 91.4 Å². The second-order valence-electron chi connectivity index (χ2n) is 10.3. The lowest BCUT2D eigenvalue weighted by atomic mass is 9.99. The van der Waals surface area contributed by atoms with E-state index in [1.807, 2.05) is 36.7 Å². The fraction of sp³-hybridized carbons (Fsp3) is 0.242. The Hall–Kier alpha value is -4.29. The third-order valence-electron chi connectivity index (χ3n) is 7.79. The number of hydrogen-bond donors (Lipinski definition) is 3. The van der Waals surface area contributed by atoms with Crippen molar-refractivity contribution in [3.8, 4) is 22.6 Å². The van der Waals surface area contributed by atoms with Crippen LogP contribution in [-0.2, 0) is 0 Å². The van der Waals surface area contributed by atoms with Gasteiger partial charge in [-0.25, -0.2) is 0 Å². The summed E-state index contributed by atoms with van der Waals surface area (Å²) in [6, 6.07) is 14.6. The SMILES string of the molecule is C=C/C(=C\C(=C/C)c1ccc2[nH]nc(-c3cc4c(-c5cccnc5)nccc4[nH]3)c2c1)CNCC1CCCC1. The summed E-state index contributed by atoms with van der Waals surface area (Å²) in [6.45, 7) is 8.08. The van der Waals surface area contributed by atoms with Crippen molar-refractivity contribution in [1.82, 2.24) is 30.5 Å². The number of hydrogen-bond acceptors (Lipinski definition) is 4. The first-order chi connectivity index (χ1) is 19.2. The normalized spacial score (nSPS) is 15.0. The molecule has 1 aliphatic carbocycles. The molecule has 4 aromatic heterocycles. The van der Waals surface area contributed by atoms with Crippen molar-refractivity contribution in [3.63, 3.8) is 0 Å². The lowest BCUT2D eigenvalue weighted by molar-refractivity contribution is 0.503. The highest BCUT2D eigenvalue weighted by Gasteiger charge is 2.16. The van der Waals surface area contributed by atoms with Gasteiger partial charge < -0.3 is 10.3 Å². The number of nitrogens with one attached hydrogen (secondary N) is 3. The first kappa shape index (κ1) is 25.0. The molecule has 0 radical (unpaired) electrons. The summed E-state index contributed by atoms with van der Waals surface area (Å²) in [5.41, 5.74) is 9.27. The Balaban J connectivity index is 1.30. The number of nitrogens with zero attached hydrogens (tertiary/aromatic N) is 3. The van der Waals surface area contributed by atoms with Gasteiger partial charge in [0.25, 0.3) is 0 Å². The molecule has 3 N–H and O–H groups in total. The zero-order chi connectivity index (χ0) is 26.6. The van der Waals surface area contributed by atoms with Gasteiger partial charge in [-0.15, -0.1) is 0 Å². The van der Waals surface area contributed by atoms with Crippen LogP contribution in [0.4, 0.5) is 0 Å². The van der Waals surface area contributed by atoms with Crippen LogP contribution >= 0.6 is 0 Å². The Morgan fingerprint density at radius 1 is 1.05 bits per heavy atom. The first-order valence-corrected chi connectivity index (χ1v) is 13.8. The summed E-state index contributed by atoms with van der Waals surface area (Å²) >= 11 is 0. The van der Waals surface area contributed by atoms with Crippen LogP contribution in [0.3, 0.4) is 0 Å². The Labute approximate surface area is 229 Å². The molecule has 1 aliphatic rings. The number of rotatable bonds is 9. The van der Waals surface area contributed by atoms with Crippen LogP contribution in [0, 0.1) is 5.92 Å². The van der Waals surface area contributed by atoms with Crippen molar-refractivity contribution in [2.75, 3.05) is 13.1 Å². The van der Waals surface area contributed by atoms with Crippen molar-refractivity contribution in [2.45, 2.75) is 32.6 Å². The predicted molar refractivity (Wildman–Crippen MR) is 161 cm³/mol. The summed E-state index contributed by atoms with van der Waals surface area (Å²) in [4.78, 5) is 12.5. The van der Waals surface area contributed by atoms with Crippen molar-refractivity contribution < 1.29 is 0 Å². The van der Waals surface area contributed by atoms with E-state index in [1.165, 1.54) is 36.8 Å². The van der Waals surface area contributed by atoms with E-state index < -0.39 is 0 Å². The van der Waals surface area contributed by atoms with Gasteiger partial charge in [0.2, 0.25) is 0 Å². The van der Waals surface area contributed by atoms with E-state index in [0.717, 1.165) is 69.0 Å². The largest absolute Gasteiger partial charge is 0.353 e. The number of benzene rings is 1. The Kier molecular flexibility index (Phi) is 7.19. The highest BCUT2D eigenvalue weighted by atomic mass is 15.1. The zero-order valence-corrected chi connectivity index (χ0v) is 22.4. The van der Waals surface area contributed by atoms with Crippen LogP contribution in [0.25, 0.3) is 50.0 Å². The van der Waals surface area contributed by atoms with Crippen LogP contribution in [0.1, 0.15) is 38.2 Å². The van der Waals surface area contributed by atoms with Gasteiger partial charge in [0.1, 0.15) is 5.69 Å². The van der Waals surface area contributed by atoms with E-state index in [4.69, 9.17) is 5.10 Å². The maximum absolute atomic E-state index is 4.69. The quantitative estimate of drug-likeness (QED) is 0.178. The maximum Gasteiger partial charge on any atom is 0.116 e. The molecule has 0 aliphatic heterocycles. The van der Waals surface area contributed by atoms with Gasteiger partial charge in [0.15, 0.2) is 0 Å². The highest BCUT2D eigenvalue weighted by molar-refractivity contribution is 6.00. The van der Waals surface area contributed by atoms with Crippen LogP contribution in [0.5, 0.6) is 0 Å². The molecule has 1 fully saturated rings. The van der Waals surface area contributed by atoms with Gasteiger partial charge in [-0.05, 0) is 85.3 Å². The molecule has 0 amide bonds. The number of fused-ring (bicyclic) bond motifs is 2. The monoisotopic (exact) mass is 514 g/mol. The first-order valence-electron chi connectivity index (χ1n) is 13.8. The molecule has 6 heteroatoms. The molecule has 0 saturated heterocycles. The molecule has 0 atom stereocenters. The van der Waals surface area contributed by atoms with E-state index in [0.29, 0.717) is 0 Å². The van der Waals surface area contributed by atoms with E-state index in [9.17, 15) is 0 Å². The molecule has 0 unspecified atom stereocenters. The Morgan fingerprint density at radius 3 is 2.72 bits per heavy atom. The van der Waals surface area contributed by atoms with Crippen molar-refractivity contribution >= 4 is 27.4 Å². The number of pyridine rings is 2. The van der Waals surface area contributed by atoms with E-state index in [-0.39, 0.29) is 0 Å². The molecule has 1 saturated carbocycles. The molecule has 4 heterocycles. The fourth-order valence-corrected chi connectivity index (χ4v) is 5.66. The second kappa shape index (κ2) is 11.2. The summed E-state index contributed by atoms with van der Waals surface area (Å²) < 4.78 is 0. The minimum atomic E-state index is 0.819. The topological polar surface area (TPSA) is 82.3 Å². The predicted octanol–water partition coefficient (Wildman–Crippen LogP) is 7.46. The van der Waals surface area contributed by atoms with Gasteiger partial charge in [-0.1, -0.05) is 43.7 Å². The van der Waals surface area contributed by atoms with Crippen molar-refractivity contribution in [1.29, 1.82) is 0 Å². The molecule has 6 rings (SSSR count). The molecular formula is C33H34N6. The third kappa shape index (κ3) is 5.20. The van der Waals surface area contributed by atoms with Crippen molar-refractivity contribution in [3.05, 3.63) is 97.0 Å². The second-order valence-corrected chi connectivity index (χ2v) is 10.3. The zero-order valence-electron chi connectivity index (χ0n) is 22.4. The average molecular weight is 515 g/mol. The minimum Gasteiger partial charge on any atom is -0.353 e. The molecule has 39 heavy (non-hydrogen) atoms. The molecule has 5 aromatic rings. The van der Waals surface area contributed by atoms with Crippen LogP contribution < -0.4 is 5.32 Å². The number of H-pyrrole nitrogens is 2. The van der Waals surface area contributed by atoms with Gasteiger partial charge in [0.05, 0.1) is 16.9 Å². The molecule has 0 bridgehead atoms. The van der Waals surface area contributed by atoms with Crippen molar-refractivity contribution in [2.24, 2.45) is 5.92 Å².